The van der Waals surface area contributed by atoms with E-state index in [1.807, 2.05) is 0 Å². The first-order valence-corrected chi connectivity index (χ1v) is 12.5. The second-order valence-electron chi connectivity index (χ2n) is 8.50. The average molecular weight is 577 g/mol. The number of aromatic nitrogens is 4. The molecule has 0 saturated heterocycles. The van der Waals surface area contributed by atoms with Gasteiger partial charge >= 0.3 is 11.9 Å². The maximum Gasteiger partial charge on any atom is 0.362 e. The number of esters is 1. The highest BCUT2D eigenvalue weighted by Crippen LogP contribution is 2.17. The standard InChI is InChI=1S/C16H15FN2O3.C14H11FN2O3/c1-3-9-19-10-13(11-5-7-12(17)8-6-11)15(20)14(18-19)16(21)22-4-2;1-2-7-17-8-11(9-3-5-10(15)6-4-9)13(18)12(16-17)14(19)20/h3,5-8,10H,1,4,9H2,2H3;2-6,8H,1,7H2,(H,19,20). The van der Waals surface area contributed by atoms with Crippen LogP contribution in [0.1, 0.15) is 27.9 Å². The van der Waals surface area contributed by atoms with Gasteiger partial charge in [-0.05, 0) is 42.3 Å². The van der Waals surface area contributed by atoms with Crippen molar-refractivity contribution >= 4 is 11.9 Å². The first kappa shape index (κ1) is 31.0. The number of ether oxygens (including phenoxy) is 1. The molecule has 0 aliphatic heterocycles. The van der Waals surface area contributed by atoms with Crippen LogP contribution in [0.4, 0.5) is 8.78 Å². The lowest BCUT2D eigenvalue weighted by Gasteiger charge is -2.09. The molecule has 216 valence electrons. The number of halogens is 2. The van der Waals surface area contributed by atoms with E-state index in [9.17, 15) is 28.0 Å². The van der Waals surface area contributed by atoms with Gasteiger partial charge in [-0.3, -0.25) is 19.0 Å². The largest absolute Gasteiger partial charge is 0.476 e. The van der Waals surface area contributed by atoms with Crippen LogP contribution in [-0.4, -0.2) is 43.2 Å². The van der Waals surface area contributed by atoms with Crippen molar-refractivity contribution in [2.75, 3.05) is 6.61 Å². The molecule has 2 aromatic heterocycles. The molecule has 0 atom stereocenters. The van der Waals surface area contributed by atoms with Gasteiger partial charge < -0.3 is 9.84 Å². The maximum atomic E-state index is 13.0. The second-order valence-corrected chi connectivity index (χ2v) is 8.50. The van der Waals surface area contributed by atoms with Gasteiger partial charge in [0.15, 0.2) is 0 Å². The van der Waals surface area contributed by atoms with E-state index in [1.165, 1.54) is 76.4 Å². The minimum absolute atomic E-state index is 0.141. The molecule has 0 radical (unpaired) electrons. The second kappa shape index (κ2) is 14.2. The Kier molecular flexibility index (Phi) is 10.5. The summed E-state index contributed by atoms with van der Waals surface area (Å²) in [6.07, 6.45) is 6.03. The summed E-state index contributed by atoms with van der Waals surface area (Å²) in [7, 11) is 0. The summed E-state index contributed by atoms with van der Waals surface area (Å²) in [5, 5.41) is 16.7. The van der Waals surface area contributed by atoms with E-state index in [0.29, 0.717) is 17.7 Å². The fourth-order valence-corrected chi connectivity index (χ4v) is 3.67. The van der Waals surface area contributed by atoms with E-state index >= 15 is 0 Å². The molecule has 0 spiro atoms. The molecule has 10 nitrogen and oxygen atoms in total. The maximum absolute atomic E-state index is 13.0. The van der Waals surface area contributed by atoms with Gasteiger partial charge in [0.2, 0.25) is 22.2 Å². The molecule has 0 aliphatic rings. The van der Waals surface area contributed by atoms with Crippen molar-refractivity contribution in [3.8, 4) is 22.3 Å². The summed E-state index contributed by atoms with van der Waals surface area (Å²) in [5.74, 6) is -3.03. The predicted octanol–water partition coefficient (Wildman–Crippen LogP) is 4.35. The summed E-state index contributed by atoms with van der Waals surface area (Å²) in [4.78, 5) is 47.4. The Balaban J connectivity index is 0.000000231. The molecular formula is C30H26F2N4O6. The highest BCUT2D eigenvalue weighted by molar-refractivity contribution is 5.88. The predicted molar refractivity (Wildman–Crippen MR) is 151 cm³/mol. The van der Waals surface area contributed by atoms with Crippen molar-refractivity contribution in [1.29, 1.82) is 0 Å². The number of carbonyl (C=O) groups excluding carboxylic acids is 1. The van der Waals surface area contributed by atoms with E-state index in [4.69, 9.17) is 9.84 Å². The highest BCUT2D eigenvalue weighted by Gasteiger charge is 2.19. The van der Waals surface area contributed by atoms with Crippen LogP contribution in [0.15, 0.2) is 95.8 Å². The monoisotopic (exact) mass is 576 g/mol. The van der Waals surface area contributed by atoms with E-state index in [-0.39, 0.29) is 30.0 Å². The van der Waals surface area contributed by atoms with Crippen molar-refractivity contribution in [1.82, 2.24) is 19.6 Å². The summed E-state index contributed by atoms with van der Waals surface area (Å²) in [6, 6.07) is 10.7. The van der Waals surface area contributed by atoms with Crippen molar-refractivity contribution in [3.63, 3.8) is 0 Å². The van der Waals surface area contributed by atoms with Crippen LogP contribution < -0.4 is 10.9 Å². The molecule has 0 fully saturated rings. The molecule has 2 heterocycles. The number of carboxylic acid groups (broad SMARTS) is 1. The molecule has 0 aliphatic carbocycles. The van der Waals surface area contributed by atoms with Crippen LogP contribution in [0.5, 0.6) is 0 Å². The molecule has 0 bridgehead atoms. The number of aromatic carboxylic acids is 1. The average Bonchev–Trinajstić information content (AvgIpc) is 2.96. The third-order valence-electron chi connectivity index (χ3n) is 5.55. The zero-order valence-corrected chi connectivity index (χ0v) is 22.5. The molecular weight excluding hydrogens is 550 g/mol. The topological polar surface area (TPSA) is 133 Å². The lowest BCUT2D eigenvalue weighted by molar-refractivity contribution is 0.0514. The van der Waals surface area contributed by atoms with E-state index in [1.54, 1.807) is 13.0 Å². The van der Waals surface area contributed by atoms with Gasteiger partial charge in [-0.2, -0.15) is 10.2 Å². The Labute approximate surface area is 238 Å². The normalized spacial score (nSPS) is 10.3. The number of carboxylic acids is 1. The van der Waals surface area contributed by atoms with Gasteiger partial charge in [-0.15, -0.1) is 13.2 Å². The fraction of sp³-hybridized carbons (Fsp3) is 0.133. The van der Waals surface area contributed by atoms with Crippen LogP contribution in [0.2, 0.25) is 0 Å². The van der Waals surface area contributed by atoms with Crippen molar-refractivity contribution in [3.05, 3.63) is 130 Å². The molecule has 42 heavy (non-hydrogen) atoms. The molecule has 1 N–H and O–H groups in total. The molecule has 0 unspecified atom stereocenters. The number of rotatable bonds is 9. The van der Waals surface area contributed by atoms with E-state index in [2.05, 4.69) is 23.4 Å². The van der Waals surface area contributed by atoms with Crippen molar-refractivity contribution in [2.45, 2.75) is 20.0 Å². The van der Waals surface area contributed by atoms with E-state index in [0.717, 1.165) is 0 Å². The SMILES string of the molecule is C=CCn1cc(-c2ccc(F)cc2)c(=O)c(C(=O)O)n1.C=CCn1cc(-c2ccc(F)cc2)c(=O)c(C(=O)OCC)n1. The lowest BCUT2D eigenvalue weighted by atomic mass is 10.1. The number of nitrogens with zero attached hydrogens (tertiary/aromatic N) is 4. The number of benzene rings is 2. The zero-order valence-electron chi connectivity index (χ0n) is 22.5. The fourth-order valence-electron chi connectivity index (χ4n) is 3.67. The minimum atomic E-state index is -1.41. The molecule has 4 aromatic rings. The van der Waals surface area contributed by atoms with Gasteiger partial charge in [-0.25, -0.2) is 18.4 Å². The highest BCUT2D eigenvalue weighted by atomic mass is 19.1. The summed E-state index contributed by atoms with van der Waals surface area (Å²) >= 11 is 0. The number of allylic oxidation sites excluding steroid dienone is 2. The van der Waals surface area contributed by atoms with Crippen LogP contribution in [0.3, 0.4) is 0 Å². The molecule has 0 amide bonds. The Morgan fingerprint density at radius 3 is 1.60 bits per heavy atom. The molecule has 12 heteroatoms. The minimum Gasteiger partial charge on any atom is -0.476 e. The van der Waals surface area contributed by atoms with Gasteiger partial charge in [0, 0.05) is 23.5 Å². The third kappa shape index (κ3) is 7.56. The van der Waals surface area contributed by atoms with Crippen LogP contribution >= 0.6 is 0 Å². The lowest BCUT2D eigenvalue weighted by Crippen LogP contribution is -2.25. The Morgan fingerprint density at radius 2 is 1.21 bits per heavy atom. The zero-order chi connectivity index (χ0) is 30.8. The molecule has 2 aromatic carbocycles. The van der Waals surface area contributed by atoms with Gasteiger partial charge in [-0.1, -0.05) is 36.4 Å². The smallest absolute Gasteiger partial charge is 0.362 e. The van der Waals surface area contributed by atoms with E-state index < -0.39 is 40.1 Å². The van der Waals surface area contributed by atoms with Crippen LogP contribution in [0, 0.1) is 11.6 Å². The van der Waals surface area contributed by atoms with Crippen LogP contribution in [-0.2, 0) is 17.8 Å². The summed E-state index contributed by atoms with van der Waals surface area (Å²) in [5.41, 5.74) is -0.801. The van der Waals surface area contributed by atoms with Crippen molar-refractivity contribution < 1.29 is 28.2 Å². The first-order valence-electron chi connectivity index (χ1n) is 12.5. The van der Waals surface area contributed by atoms with Crippen molar-refractivity contribution in [2.24, 2.45) is 0 Å². The summed E-state index contributed by atoms with van der Waals surface area (Å²) in [6.45, 7) is 9.49. The number of carbonyl (C=O) groups is 2. The Bertz CT molecular complexity index is 1730. The summed E-state index contributed by atoms with van der Waals surface area (Å²) < 4.78 is 33.5. The quantitative estimate of drug-likeness (QED) is 0.230. The third-order valence-corrected chi connectivity index (χ3v) is 5.55. The Morgan fingerprint density at radius 1 is 0.810 bits per heavy atom. The van der Waals surface area contributed by atoms with Gasteiger partial charge in [0.05, 0.1) is 19.7 Å². The van der Waals surface area contributed by atoms with Gasteiger partial charge in [0.25, 0.3) is 0 Å². The molecule has 4 rings (SSSR count). The Hall–Kier alpha value is -5.52. The van der Waals surface area contributed by atoms with Crippen LogP contribution in [0.25, 0.3) is 22.3 Å². The number of hydrogen-bond donors (Lipinski definition) is 1. The van der Waals surface area contributed by atoms with Gasteiger partial charge in [0.1, 0.15) is 11.6 Å². The first-order chi connectivity index (χ1) is 20.1. The number of hydrogen-bond acceptors (Lipinski definition) is 7. The molecule has 0 saturated carbocycles.